The van der Waals surface area contributed by atoms with Gasteiger partial charge in [0, 0.05) is 43.8 Å². The van der Waals surface area contributed by atoms with Crippen LogP contribution in [-0.2, 0) is 31.9 Å². The van der Waals surface area contributed by atoms with E-state index in [2.05, 4.69) is 9.97 Å². The fourth-order valence-corrected chi connectivity index (χ4v) is 8.93. The Hall–Kier alpha value is -6.12. The summed E-state index contributed by atoms with van der Waals surface area (Å²) in [6.07, 6.45) is -0.155. The average Bonchev–Trinajstić information content (AvgIpc) is 3.78. The molecule has 0 unspecified atom stereocenters. The number of fused-ring (bicyclic) bond motifs is 2. The molecule has 4 heterocycles. The van der Waals surface area contributed by atoms with Crippen LogP contribution >= 0.6 is 22.7 Å². The predicted molar refractivity (Wildman–Crippen MR) is 195 cm³/mol. The maximum absolute atomic E-state index is 14.0. The van der Waals surface area contributed by atoms with Crippen LogP contribution in [0.15, 0.2) is 59.3 Å². The first-order valence-corrected chi connectivity index (χ1v) is 18.1. The number of imide groups is 2. The Morgan fingerprint density at radius 3 is 1.17 bits per heavy atom. The van der Waals surface area contributed by atoms with E-state index in [1.54, 1.807) is 48.9 Å². The lowest BCUT2D eigenvalue weighted by Gasteiger charge is -2.28. The van der Waals surface area contributed by atoms with Gasteiger partial charge in [0.05, 0.1) is 37.4 Å². The molecule has 12 nitrogen and oxygen atoms in total. The SMILES string of the molecule is CCOC(=O)Cc1csc(N2C(=O)c3ccc4c5ccc6c7c(ccc(c8ccc(c3c48)C2=O)c75)C(=O)N(c2nc(CC(=O)OCC)cs2)C6=O)n1. The van der Waals surface area contributed by atoms with Crippen LogP contribution in [0.3, 0.4) is 0 Å². The normalized spacial score (nSPS) is 14.1. The van der Waals surface area contributed by atoms with E-state index >= 15 is 0 Å². The molecule has 0 aliphatic carbocycles. The monoisotopic (exact) mass is 728 g/mol. The van der Waals surface area contributed by atoms with E-state index in [1.165, 1.54) is 0 Å². The highest BCUT2D eigenvalue weighted by molar-refractivity contribution is 7.14. The average molecular weight is 729 g/mol. The maximum atomic E-state index is 14.0. The summed E-state index contributed by atoms with van der Waals surface area (Å²) in [5, 5.41) is 9.11. The molecule has 2 aliphatic heterocycles. The summed E-state index contributed by atoms with van der Waals surface area (Å²) in [5.74, 6) is -3.02. The molecule has 0 N–H and O–H groups in total. The molecule has 0 atom stereocenters. The summed E-state index contributed by atoms with van der Waals surface area (Å²) < 4.78 is 10.0. The fraction of sp³-hybridized carbons (Fsp3) is 0.158. The molecule has 2 aromatic heterocycles. The van der Waals surface area contributed by atoms with Crippen molar-refractivity contribution in [2.24, 2.45) is 0 Å². The summed E-state index contributed by atoms with van der Waals surface area (Å²) in [5.41, 5.74) is 2.13. The summed E-state index contributed by atoms with van der Waals surface area (Å²) in [6.45, 7) is 3.88. The molecule has 9 rings (SSSR count). The third-order valence-corrected chi connectivity index (χ3v) is 11.1. The number of rotatable bonds is 8. The smallest absolute Gasteiger partial charge is 0.311 e. The largest absolute Gasteiger partial charge is 0.466 e. The molecule has 0 saturated carbocycles. The molecule has 0 radical (unpaired) electrons. The van der Waals surface area contributed by atoms with Crippen molar-refractivity contribution >= 4 is 112 Å². The van der Waals surface area contributed by atoms with Gasteiger partial charge in [-0.15, -0.1) is 22.7 Å². The second-order valence-corrected chi connectivity index (χ2v) is 13.9. The first kappa shape index (κ1) is 31.8. The van der Waals surface area contributed by atoms with Gasteiger partial charge in [0.2, 0.25) is 0 Å². The second kappa shape index (κ2) is 11.7. The van der Waals surface area contributed by atoms with Crippen LogP contribution in [0.2, 0.25) is 0 Å². The molecule has 14 heteroatoms. The number of carbonyl (C=O) groups excluding carboxylic acids is 6. The summed E-state index contributed by atoms with van der Waals surface area (Å²) in [4.78, 5) is 91.1. The number of amides is 4. The summed E-state index contributed by atoms with van der Waals surface area (Å²) in [7, 11) is 0. The van der Waals surface area contributed by atoms with Gasteiger partial charge in [0.25, 0.3) is 23.6 Å². The number of esters is 2. The predicted octanol–water partition coefficient (Wildman–Crippen LogP) is 6.46. The van der Waals surface area contributed by atoms with Crippen LogP contribution < -0.4 is 9.80 Å². The molecule has 2 aliphatic rings. The number of hydrogen-bond acceptors (Lipinski definition) is 12. The number of anilines is 2. The highest BCUT2D eigenvalue weighted by Crippen LogP contribution is 2.47. The van der Waals surface area contributed by atoms with E-state index in [9.17, 15) is 28.8 Å². The Kier molecular flexibility index (Phi) is 7.17. The molecular weight excluding hydrogens is 705 g/mol. The quantitative estimate of drug-likeness (QED) is 0.0737. The van der Waals surface area contributed by atoms with Crippen molar-refractivity contribution in [3.05, 3.63) is 92.9 Å². The second-order valence-electron chi connectivity index (χ2n) is 12.2. The van der Waals surface area contributed by atoms with Crippen LogP contribution in [0.4, 0.5) is 10.3 Å². The van der Waals surface area contributed by atoms with Crippen LogP contribution in [-0.4, -0.2) is 58.7 Å². The van der Waals surface area contributed by atoms with Gasteiger partial charge in [0.15, 0.2) is 10.3 Å². The van der Waals surface area contributed by atoms with E-state index in [1.807, 2.05) is 24.3 Å². The lowest BCUT2D eigenvalue weighted by atomic mass is 9.82. The Morgan fingerprint density at radius 1 is 0.538 bits per heavy atom. The van der Waals surface area contributed by atoms with Crippen LogP contribution in [0.1, 0.15) is 66.7 Å². The lowest BCUT2D eigenvalue weighted by molar-refractivity contribution is -0.143. The first-order chi connectivity index (χ1) is 25.2. The molecule has 0 fully saturated rings. The molecule has 52 heavy (non-hydrogen) atoms. The number of hydrogen-bond donors (Lipinski definition) is 0. The minimum absolute atomic E-state index is 0.0773. The van der Waals surface area contributed by atoms with Gasteiger partial charge in [-0.3, -0.25) is 28.8 Å². The highest BCUT2D eigenvalue weighted by Gasteiger charge is 2.39. The number of aromatic nitrogens is 2. The van der Waals surface area contributed by atoms with Gasteiger partial charge < -0.3 is 9.47 Å². The first-order valence-electron chi connectivity index (χ1n) is 16.4. The van der Waals surface area contributed by atoms with Crippen molar-refractivity contribution in [2.45, 2.75) is 26.7 Å². The Balaban J connectivity index is 1.16. The number of benzene rings is 5. The van der Waals surface area contributed by atoms with Crippen molar-refractivity contribution in [3.8, 4) is 0 Å². The van der Waals surface area contributed by atoms with E-state index in [-0.39, 0.29) is 36.3 Å². The van der Waals surface area contributed by atoms with Gasteiger partial charge in [-0.25, -0.2) is 19.8 Å². The molecular formula is C38H24N4O8S2. The summed E-state index contributed by atoms with van der Waals surface area (Å²) >= 11 is 2.19. The molecule has 0 bridgehead atoms. The minimum atomic E-state index is -0.529. The summed E-state index contributed by atoms with van der Waals surface area (Å²) in [6, 6.07) is 14.1. The molecule has 0 saturated heterocycles. The number of thiazole rings is 2. The number of nitrogens with zero attached hydrogens (tertiary/aromatic N) is 4. The Bertz CT molecular complexity index is 2460. The van der Waals surface area contributed by atoms with Crippen LogP contribution in [0.25, 0.3) is 43.1 Å². The maximum Gasteiger partial charge on any atom is 0.311 e. The zero-order chi connectivity index (χ0) is 36.0. The van der Waals surface area contributed by atoms with E-state index in [0.29, 0.717) is 44.4 Å². The van der Waals surface area contributed by atoms with Gasteiger partial charge >= 0.3 is 11.9 Å². The molecule has 256 valence electrons. The molecule has 7 aromatic rings. The minimum Gasteiger partial charge on any atom is -0.466 e. The third kappa shape index (κ3) is 4.50. The van der Waals surface area contributed by atoms with Crippen molar-refractivity contribution in [3.63, 3.8) is 0 Å². The van der Waals surface area contributed by atoms with Gasteiger partial charge in [-0.05, 0) is 70.4 Å². The van der Waals surface area contributed by atoms with Gasteiger partial charge in [-0.1, -0.05) is 24.3 Å². The van der Waals surface area contributed by atoms with Crippen molar-refractivity contribution in [2.75, 3.05) is 23.0 Å². The Labute approximate surface area is 301 Å². The number of ether oxygens (including phenoxy) is 2. The molecule has 0 spiro atoms. The highest BCUT2D eigenvalue weighted by atomic mass is 32.1. The topological polar surface area (TPSA) is 153 Å². The van der Waals surface area contributed by atoms with E-state index in [4.69, 9.17) is 9.47 Å². The van der Waals surface area contributed by atoms with Crippen molar-refractivity contribution in [1.82, 2.24) is 9.97 Å². The lowest BCUT2D eigenvalue weighted by Crippen LogP contribution is -2.40. The number of carbonyl (C=O) groups is 6. The standard InChI is InChI=1S/C38H24N4O8S2/c1-3-49-27(43)13-17-15-51-37(39-17)41-33(45)23-9-5-19-21-7-11-25-32-26(12-8-22(30(21)32)20-6-10-24(34(41)46)31(23)29(19)20)36(48)42(35(25)47)38-40-18(16-52-38)14-28(44)50-4-2/h5-12,15-16H,3-4,13-14H2,1-2H3. The zero-order valence-electron chi connectivity index (χ0n) is 27.5. The fourth-order valence-electron chi connectivity index (χ4n) is 7.30. The van der Waals surface area contributed by atoms with Crippen LogP contribution in [0.5, 0.6) is 0 Å². The van der Waals surface area contributed by atoms with Crippen molar-refractivity contribution < 1.29 is 38.2 Å². The zero-order valence-corrected chi connectivity index (χ0v) is 29.1. The van der Waals surface area contributed by atoms with Gasteiger partial charge in [0.1, 0.15) is 0 Å². The third-order valence-electron chi connectivity index (χ3n) is 9.36. The van der Waals surface area contributed by atoms with Gasteiger partial charge in [-0.2, -0.15) is 0 Å². The molecule has 5 aromatic carbocycles. The van der Waals surface area contributed by atoms with E-state index in [0.717, 1.165) is 64.8 Å². The Morgan fingerprint density at radius 2 is 0.865 bits per heavy atom. The molecule has 4 amide bonds. The van der Waals surface area contributed by atoms with Crippen molar-refractivity contribution in [1.29, 1.82) is 0 Å². The van der Waals surface area contributed by atoms with E-state index < -0.39 is 35.6 Å². The van der Waals surface area contributed by atoms with Crippen LogP contribution in [0, 0.1) is 0 Å².